The minimum absolute atomic E-state index is 0.239. The summed E-state index contributed by atoms with van der Waals surface area (Å²) in [6.07, 6.45) is 8.33. The van der Waals surface area contributed by atoms with Crippen molar-refractivity contribution in [2.24, 2.45) is 5.73 Å². The van der Waals surface area contributed by atoms with Crippen LogP contribution in [0.3, 0.4) is 0 Å². The first-order valence-electron chi connectivity index (χ1n) is 6.30. The average Bonchev–Trinajstić information content (AvgIpc) is 2.95. The van der Waals surface area contributed by atoms with E-state index in [1.54, 1.807) is 6.26 Å². The highest BCUT2D eigenvalue weighted by Gasteiger charge is 2.19. The number of furan rings is 1. The van der Waals surface area contributed by atoms with E-state index in [0.29, 0.717) is 0 Å². The van der Waals surface area contributed by atoms with Gasteiger partial charge in [-0.1, -0.05) is 0 Å². The van der Waals surface area contributed by atoms with Gasteiger partial charge in [-0.05, 0) is 43.0 Å². The van der Waals surface area contributed by atoms with Gasteiger partial charge in [0.05, 0.1) is 6.26 Å². The lowest BCUT2D eigenvalue weighted by atomic mass is 9.94. The number of hydrogen-bond donors (Lipinski definition) is 1. The minimum Gasteiger partial charge on any atom is -0.469 e. The fraction of sp³-hybridized carbons (Fsp3) is 0.429. The van der Waals surface area contributed by atoms with E-state index in [2.05, 4.69) is 16.8 Å². The minimum atomic E-state index is 0.239. The Labute approximate surface area is 101 Å². The molecule has 0 saturated heterocycles. The summed E-state index contributed by atoms with van der Waals surface area (Å²) in [5.74, 6) is 1.05. The highest BCUT2D eigenvalue weighted by molar-refractivity contribution is 5.28. The third-order valence-corrected chi connectivity index (χ3v) is 3.62. The van der Waals surface area contributed by atoms with Gasteiger partial charge in [0.15, 0.2) is 0 Å². The third kappa shape index (κ3) is 2.03. The predicted molar refractivity (Wildman–Crippen MR) is 66.7 cm³/mol. The van der Waals surface area contributed by atoms with Crippen molar-refractivity contribution in [3.63, 3.8) is 0 Å². The Morgan fingerprint density at radius 3 is 3.18 bits per heavy atom. The van der Waals surface area contributed by atoms with Crippen LogP contribution in [0.4, 0.5) is 0 Å². The van der Waals surface area contributed by atoms with Crippen LogP contribution < -0.4 is 5.73 Å². The van der Waals surface area contributed by atoms with Gasteiger partial charge in [-0.15, -0.1) is 0 Å². The van der Waals surface area contributed by atoms with E-state index in [9.17, 15) is 0 Å². The highest BCUT2D eigenvalue weighted by Crippen LogP contribution is 2.28. The van der Waals surface area contributed by atoms with Crippen LogP contribution in [-0.2, 0) is 19.4 Å². The molecular formula is C14H18N2O. The molecule has 3 rings (SSSR count). The van der Waals surface area contributed by atoms with E-state index < -0.39 is 0 Å². The van der Waals surface area contributed by atoms with E-state index in [1.165, 1.54) is 17.7 Å². The number of hydrogen-bond acceptors (Lipinski definition) is 2. The summed E-state index contributed by atoms with van der Waals surface area (Å²) < 4.78 is 7.69. The largest absolute Gasteiger partial charge is 0.469 e. The Morgan fingerprint density at radius 2 is 2.35 bits per heavy atom. The smallest absolute Gasteiger partial charge is 0.105 e. The number of aryl methyl sites for hydroxylation is 2. The zero-order chi connectivity index (χ0) is 11.7. The van der Waals surface area contributed by atoms with E-state index in [-0.39, 0.29) is 6.04 Å². The molecule has 2 aromatic heterocycles. The van der Waals surface area contributed by atoms with E-state index >= 15 is 0 Å². The van der Waals surface area contributed by atoms with Crippen LogP contribution in [0, 0.1) is 0 Å². The number of fused-ring (bicyclic) bond motifs is 1. The van der Waals surface area contributed by atoms with Crippen molar-refractivity contribution >= 4 is 0 Å². The van der Waals surface area contributed by atoms with Crippen LogP contribution in [-0.4, -0.2) is 4.57 Å². The number of rotatable bonds is 3. The molecule has 0 radical (unpaired) electrons. The first-order valence-corrected chi connectivity index (χ1v) is 6.30. The molecule has 0 spiro atoms. The maximum absolute atomic E-state index is 6.12. The van der Waals surface area contributed by atoms with Gasteiger partial charge in [0.25, 0.3) is 0 Å². The summed E-state index contributed by atoms with van der Waals surface area (Å²) in [6, 6.07) is 6.39. The quantitative estimate of drug-likeness (QED) is 0.881. The van der Waals surface area contributed by atoms with E-state index in [0.717, 1.165) is 31.6 Å². The van der Waals surface area contributed by atoms with Crippen LogP contribution in [0.25, 0.3) is 0 Å². The fourth-order valence-electron chi connectivity index (χ4n) is 2.69. The van der Waals surface area contributed by atoms with Gasteiger partial charge < -0.3 is 14.7 Å². The molecule has 1 atom stereocenters. The second kappa shape index (κ2) is 4.41. The molecule has 90 valence electrons. The molecule has 2 N–H and O–H groups in total. The summed E-state index contributed by atoms with van der Waals surface area (Å²) in [4.78, 5) is 0. The third-order valence-electron chi connectivity index (χ3n) is 3.62. The molecule has 2 heterocycles. The summed E-state index contributed by atoms with van der Waals surface area (Å²) >= 11 is 0. The molecule has 0 bridgehead atoms. The Kier molecular flexibility index (Phi) is 2.77. The average molecular weight is 230 g/mol. The second-order valence-electron chi connectivity index (χ2n) is 4.74. The maximum atomic E-state index is 6.12. The molecule has 0 aromatic carbocycles. The Bertz CT molecular complexity index is 484. The van der Waals surface area contributed by atoms with E-state index in [1.807, 2.05) is 12.1 Å². The van der Waals surface area contributed by atoms with Crippen molar-refractivity contribution in [3.05, 3.63) is 47.7 Å². The molecule has 0 amide bonds. The highest BCUT2D eigenvalue weighted by atomic mass is 16.3. The molecule has 0 aliphatic heterocycles. The molecule has 0 fully saturated rings. The summed E-state index contributed by atoms with van der Waals surface area (Å²) in [6.45, 7) is 0.982. The van der Waals surface area contributed by atoms with Crippen LogP contribution in [0.5, 0.6) is 0 Å². The zero-order valence-corrected chi connectivity index (χ0v) is 9.93. The topological polar surface area (TPSA) is 44.1 Å². The van der Waals surface area contributed by atoms with Crippen molar-refractivity contribution < 1.29 is 4.42 Å². The summed E-state index contributed by atoms with van der Waals surface area (Å²) in [7, 11) is 0. The zero-order valence-electron chi connectivity index (χ0n) is 9.93. The molecule has 1 unspecified atom stereocenters. The Hall–Kier alpha value is -1.48. The Morgan fingerprint density at radius 1 is 1.41 bits per heavy atom. The maximum Gasteiger partial charge on any atom is 0.105 e. The first-order chi connectivity index (χ1) is 8.34. The molecule has 2 aromatic rings. The van der Waals surface area contributed by atoms with Crippen LogP contribution in [0.1, 0.15) is 35.9 Å². The van der Waals surface area contributed by atoms with Crippen LogP contribution in [0.15, 0.2) is 35.1 Å². The van der Waals surface area contributed by atoms with E-state index in [4.69, 9.17) is 10.2 Å². The number of nitrogens with zero attached hydrogens (tertiary/aromatic N) is 1. The monoisotopic (exact) mass is 230 g/mol. The second-order valence-corrected chi connectivity index (χ2v) is 4.74. The summed E-state index contributed by atoms with van der Waals surface area (Å²) in [5.41, 5.74) is 8.89. The lowest BCUT2D eigenvalue weighted by molar-refractivity contribution is 0.482. The SMILES string of the molecule is NC1CCCc2c1ccn2CCc1ccco1. The van der Waals surface area contributed by atoms with Crippen molar-refractivity contribution in [1.29, 1.82) is 0 Å². The summed E-state index contributed by atoms with van der Waals surface area (Å²) in [5, 5.41) is 0. The number of nitrogens with two attached hydrogens (primary N) is 1. The van der Waals surface area contributed by atoms with Crippen LogP contribution >= 0.6 is 0 Å². The molecule has 17 heavy (non-hydrogen) atoms. The van der Waals surface area contributed by atoms with Gasteiger partial charge in [-0.2, -0.15) is 0 Å². The molecule has 3 nitrogen and oxygen atoms in total. The normalized spacial score (nSPS) is 19.2. The van der Waals surface area contributed by atoms with Gasteiger partial charge in [0, 0.05) is 30.9 Å². The standard InChI is InChI=1S/C14H18N2O/c15-13-4-1-5-14-12(13)7-9-16(14)8-6-11-3-2-10-17-11/h2-3,7,9-10,13H,1,4-6,8,15H2. The van der Waals surface area contributed by atoms with Crippen molar-refractivity contribution in [2.75, 3.05) is 0 Å². The fourth-order valence-corrected chi connectivity index (χ4v) is 2.69. The van der Waals surface area contributed by atoms with Gasteiger partial charge in [-0.25, -0.2) is 0 Å². The van der Waals surface area contributed by atoms with Gasteiger partial charge >= 0.3 is 0 Å². The predicted octanol–water partition coefficient (Wildman–Crippen LogP) is 2.66. The van der Waals surface area contributed by atoms with Crippen molar-refractivity contribution in [1.82, 2.24) is 4.57 Å². The molecule has 3 heteroatoms. The molecule has 1 aliphatic carbocycles. The van der Waals surface area contributed by atoms with Crippen LogP contribution in [0.2, 0.25) is 0 Å². The van der Waals surface area contributed by atoms with Gasteiger partial charge in [-0.3, -0.25) is 0 Å². The van der Waals surface area contributed by atoms with Crippen molar-refractivity contribution in [3.8, 4) is 0 Å². The first kappa shape index (κ1) is 10.7. The lowest BCUT2D eigenvalue weighted by Gasteiger charge is -2.20. The lowest BCUT2D eigenvalue weighted by Crippen LogP contribution is -2.18. The van der Waals surface area contributed by atoms with Crippen molar-refractivity contribution in [2.45, 2.75) is 38.3 Å². The van der Waals surface area contributed by atoms with Gasteiger partial charge in [0.1, 0.15) is 5.76 Å². The van der Waals surface area contributed by atoms with Gasteiger partial charge in [0.2, 0.25) is 0 Å². The Balaban J connectivity index is 1.75. The number of aromatic nitrogens is 1. The molecular weight excluding hydrogens is 212 g/mol. The molecule has 1 aliphatic rings. The molecule has 0 saturated carbocycles.